The molecule has 0 radical (unpaired) electrons. The van der Waals surface area contributed by atoms with Crippen LogP contribution in [0.3, 0.4) is 0 Å². The van der Waals surface area contributed by atoms with Crippen molar-refractivity contribution in [3.8, 4) is 5.75 Å². The van der Waals surface area contributed by atoms with Crippen LogP contribution >= 0.6 is 0 Å². The van der Waals surface area contributed by atoms with E-state index in [1.165, 1.54) is 0 Å². The Balaban J connectivity index is 1.10. The van der Waals surface area contributed by atoms with Crippen LogP contribution in [0, 0.1) is 12.8 Å². The summed E-state index contributed by atoms with van der Waals surface area (Å²) in [6.45, 7) is 3.88. The average molecular weight is 473 g/mol. The number of furan rings is 1. The lowest BCUT2D eigenvalue weighted by Crippen LogP contribution is -2.42. The molecule has 0 spiro atoms. The largest absolute Gasteiger partial charge is 0.487 e. The summed E-state index contributed by atoms with van der Waals surface area (Å²) in [4.78, 5) is 31.8. The Hall–Kier alpha value is -4.07. The molecule has 1 saturated heterocycles. The van der Waals surface area contributed by atoms with Gasteiger partial charge in [0.1, 0.15) is 23.8 Å². The molecule has 1 N–H and O–H groups in total. The minimum atomic E-state index is -0.0896. The summed E-state index contributed by atoms with van der Waals surface area (Å²) in [6.07, 6.45) is 6.81. The van der Waals surface area contributed by atoms with Crippen molar-refractivity contribution >= 4 is 17.5 Å². The van der Waals surface area contributed by atoms with E-state index in [4.69, 9.17) is 9.15 Å². The van der Waals surface area contributed by atoms with Gasteiger partial charge in [0.2, 0.25) is 5.91 Å². The summed E-state index contributed by atoms with van der Waals surface area (Å²) in [6, 6.07) is 14.8. The fourth-order valence-corrected chi connectivity index (χ4v) is 4.38. The van der Waals surface area contributed by atoms with Gasteiger partial charge in [0.15, 0.2) is 0 Å². The lowest BCUT2D eigenvalue weighted by Gasteiger charge is -2.31. The highest BCUT2D eigenvalue weighted by molar-refractivity contribution is 5.94. The molecule has 1 aromatic carbocycles. The predicted octanol–water partition coefficient (Wildman–Crippen LogP) is 3.98. The summed E-state index contributed by atoms with van der Waals surface area (Å²) in [5.41, 5.74) is 3.49. The Morgan fingerprint density at radius 2 is 1.91 bits per heavy atom. The van der Waals surface area contributed by atoms with Crippen LogP contribution in [-0.4, -0.2) is 39.2 Å². The molecule has 1 aliphatic heterocycles. The number of nitrogens with one attached hydrogen (secondary N) is 1. The molecule has 1 aliphatic rings. The highest BCUT2D eigenvalue weighted by atomic mass is 16.5. The number of imidazole rings is 1. The van der Waals surface area contributed by atoms with Gasteiger partial charge < -0.3 is 23.8 Å². The van der Waals surface area contributed by atoms with Crippen LogP contribution in [-0.2, 0) is 17.9 Å². The highest BCUT2D eigenvalue weighted by Gasteiger charge is 2.27. The van der Waals surface area contributed by atoms with Gasteiger partial charge in [-0.2, -0.15) is 0 Å². The van der Waals surface area contributed by atoms with Gasteiger partial charge in [-0.1, -0.05) is 6.07 Å². The van der Waals surface area contributed by atoms with Gasteiger partial charge in [0.05, 0.1) is 18.5 Å². The predicted molar refractivity (Wildman–Crippen MR) is 130 cm³/mol. The van der Waals surface area contributed by atoms with Crippen LogP contribution in [0.5, 0.6) is 5.75 Å². The molecule has 35 heavy (non-hydrogen) atoms. The van der Waals surface area contributed by atoms with E-state index in [9.17, 15) is 9.59 Å². The zero-order chi connectivity index (χ0) is 24.2. The molecule has 8 nitrogen and oxygen atoms in total. The Morgan fingerprint density at radius 1 is 1.11 bits per heavy atom. The van der Waals surface area contributed by atoms with Crippen molar-refractivity contribution in [2.75, 3.05) is 13.1 Å². The van der Waals surface area contributed by atoms with E-state index in [0.717, 1.165) is 22.7 Å². The quantitative estimate of drug-likeness (QED) is 0.440. The maximum atomic E-state index is 12.9. The molecular weight excluding hydrogens is 444 g/mol. The zero-order valence-corrected chi connectivity index (χ0v) is 19.6. The highest BCUT2D eigenvalue weighted by Crippen LogP contribution is 2.21. The first-order valence-corrected chi connectivity index (χ1v) is 11.8. The van der Waals surface area contributed by atoms with Gasteiger partial charge in [-0.15, -0.1) is 0 Å². The van der Waals surface area contributed by atoms with Gasteiger partial charge in [-0.05, 0) is 67.8 Å². The number of hydrogen-bond acceptors (Lipinski definition) is 5. The number of aromatic nitrogens is 2. The van der Waals surface area contributed by atoms with E-state index in [2.05, 4.69) is 10.3 Å². The van der Waals surface area contributed by atoms with Crippen molar-refractivity contribution in [1.82, 2.24) is 19.6 Å². The first-order chi connectivity index (χ1) is 17.1. The fraction of sp³-hybridized carbons (Fsp3) is 0.296. The summed E-state index contributed by atoms with van der Waals surface area (Å²) in [5, 5.41) is 2.91. The van der Waals surface area contributed by atoms with Crippen molar-refractivity contribution < 1.29 is 18.7 Å². The van der Waals surface area contributed by atoms with Crippen molar-refractivity contribution in [2.45, 2.75) is 32.9 Å². The Kier molecular flexibility index (Phi) is 6.52. The van der Waals surface area contributed by atoms with E-state index < -0.39 is 0 Å². The fourth-order valence-electron chi connectivity index (χ4n) is 4.38. The number of aryl methyl sites for hydroxylation is 1. The van der Waals surface area contributed by atoms with Crippen molar-refractivity contribution in [3.05, 3.63) is 89.8 Å². The Labute approximate surface area is 203 Å². The molecule has 2 amide bonds. The molecule has 1 fully saturated rings. The molecule has 180 valence electrons. The van der Waals surface area contributed by atoms with Crippen molar-refractivity contribution in [3.63, 3.8) is 0 Å². The number of carbonyl (C=O) groups excluding carboxylic acids is 2. The number of nitrogens with zero attached hydrogens (tertiary/aromatic N) is 3. The van der Waals surface area contributed by atoms with E-state index in [1.54, 1.807) is 24.5 Å². The molecule has 8 heteroatoms. The van der Waals surface area contributed by atoms with E-state index in [1.807, 2.05) is 58.9 Å². The maximum absolute atomic E-state index is 12.9. The van der Waals surface area contributed by atoms with Crippen LogP contribution in [0.4, 0.5) is 0 Å². The van der Waals surface area contributed by atoms with Crippen LogP contribution in [0.1, 0.15) is 40.2 Å². The minimum absolute atomic E-state index is 0.00997. The van der Waals surface area contributed by atoms with Crippen LogP contribution in [0.25, 0.3) is 5.65 Å². The van der Waals surface area contributed by atoms with E-state index in [-0.39, 0.29) is 17.7 Å². The normalized spacial score (nSPS) is 14.3. The monoisotopic (exact) mass is 472 g/mol. The van der Waals surface area contributed by atoms with E-state index >= 15 is 0 Å². The van der Waals surface area contributed by atoms with Gasteiger partial charge in [-0.3, -0.25) is 9.59 Å². The Morgan fingerprint density at radius 3 is 2.63 bits per heavy atom. The number of ether oxygens (including phenoxy) is 1. The Bertz CT molecular complexity index is 1300. The molecule has 5 rings (SSSR count). The first kappa shape index (κ1) is 22.7. The summed E-state index contributed by atoms with van der Waals surface area (Å²) in [5.74, 6) is 1.31. The second-order valence-electron chi connectivity index (χ2n) is 8.83. The minimum Gasteiger partial charge on any atom is -0.487 e. The van der Waals surface area contributed by atoms with Gasteiger partial charge in [0.25, 0.3) is 5.91 Å². The molecule has 0 aliphatic carbocycles. The average Bonchev–Trinajstić information content (AvgIpc) is 3.57. The second kappa shape index (κ2) is 10.0. The molecular formula is C27H28N4O4. The first-order valence-electron chi connectivity index (χ1n) is 11.8. The number of pyridine rings is 1. The van der Waals surface area contributed by atoms with Crippen molar-refractivity contribution in [1.29, 1.82) is 0 Å². The third-order valence-corrected chi connectivity index (χ3v) is 6.39. The lowest BCUT2D eigenvalue weighted by atomic mass is 9.95. The maximum Gasteiger partial charge on any atom is 0.253 e. The van der Waals surface area contributed by atoms with Gasteiger partial charge >= 0.3 is 0 Å². The number of likely N-dealkylation sites (tertiary alicyclic amines) is 1. The number of fused-ring (bicyclic) bond motifs is 1. The third-order valence-electron chi connectivity index (χ3n) is 6.39. The topological polar surface area (TPSA) is 89.1 Å². The number of hydrogen-bond donors (Lipinski definition) is 1. The van der Waals surface area contributed by atoms with Crippen molar-refractivity contribution in [2.24, 2.45) is 5.92 Å². The molecule has 0 unspecified atom stereocenters. The molecule has 4 heterocycles. The molecule has 0 atom stereocenters. The second-order valence-corrected chi connectivity index (χ2v) is 8.83. The number of rotatable bonds is 7. The number of carbonyl (C=O) groups is 2. The smallest absolute Gasteiger partial charge is 0.253 e. The number of amides is 2. The van der Waals surface area contributed by atoms with E-state index in [0.29, 0.717) is 50.4 Å². The van der Waals surface area contributed by atoms with Crippen LogP contribution in [0.15, 0.2) is 71.6 Å². The summed E-state index contributed by atoms with van der Waals surface area (Å²) in [7, 11) is 0. The molecule has 3 aromatic heterocycles. The van der Waals surface area contributed by atoms with Gasteiger partial charge in [-0.25, -0.2) is 4.98 Å². The standard InChI is InChI=1S/C27H28N4O4/c1-19-4-2-12-31-17-22(29-25(19)31)18-35-23-8-6-21(7-9-23)27(33)30-13-10-20(11-14-30)26(32)28-16-24-5-3-15-34-24/h2-9,12,15,17,20H,10-11,13-14,16,18H2,1H3,(H,28,32). The molecule has 0 bridgehead atoms. The molecule has 0 saturated carbocycles. The summed E-state index contributed by atoms with van der Waals surface area (Å²) >= 11 is 0. The molecule has 4 aromatic rings. The van der Waals surface area contributed by atoms with Gasteiger partial charge in [0, 0.05) is 37.0 Å². The zero-order valence-electron chi connectivity index (χ0n) is 19.6. The van der Waals surface area contributed by atoms with Crippen LogP contribution < -0.4 is 10.1 Å². The lowest BCUT2D eigenvalue weighted by molar-refractivity contribution is -0.126. The summed E-state index contributed by atoms with van der Waals surface area (Å²) < 4.78 is 13.1. The van der Waals surface area contributed by atoms with Crippen LogP contribution in [0.2, 0.25) is 0 Å². The number of benzene rings is 1. The third kappa shape index (κ3) is 5.21. The number of piperidine rings is 1. The SMILES string of the molecule is Cc1cccn2cc(COc3ccc(C(=O)N4CCC(C(=O)NCc5ccco5)CC4)cc3)nc12.